The van der Waals surface area contributed by atoms with Gasteiger partial charge in [-0.25, -0.2) is 0 Å². The van der Waals surface area contributed by atoms with Crippen LogP contribution >= 0.6 is 110 Å². The second kappa shape index (κ2) is 126. The molecule has 0 spiro atoms. The van der Waals surface area contributed by atoms with Crippen LogP contribution in [0, 0.1) is 327 Å². The van der Waals surface area contributed by atoms with E-state index in [1.54, 1.807) is 6.92 Å². The number of aliphatic hydroxyl groups excluding tert-OH is 1. The first-order chi connectivity index (χ1) is 26.0. The Balaban J connectivity index is -0.0000000278. The molecule has 0 amide bonds. The average molecular weight is 2030 g/mol. The van der Waals surface area contributed by atoms with Crippen molar-refractivity contribution in [3.63, 3.8) is 0 Å². The number of thiol groups is 1. The molecular weight excluding hydrogens is 1960 g/mol. The van der Waals surface area contributed by atoms with Gasteiger partial charge >= 0.3 is 0 Å². The second-order valence-corrected chi connectivity index (χ2v) is 12.2. The summed E-state index contributed by atoms with van der Waals surface area (Å²) < 4.78 is 62.1. The number of carbonyl (C=O) groups is 2. The summed E-state index contributed by atoms with van der Waals surface area (Å²) in [6, 6.07) is 0. The second-order valence-electron chi connectivity index (χ2n) is 5.49. The summed E-state index contributed by atoms with van der Waals surface area (Å²) in [4.78, 5) is 28.9. The van der Waals surface area contributed by atoms with Crippen molar-refractivity contribution in [2.45, 2.75) is 37.1 Å². The molecule has 1 N–H and O–H groups in total. The number of rotatable bonds is 22. The molecule has 10 unspecified atom stereocenters. The van der Waals surface area contributed by atoms with Crippen LogP contribution in [-0.2, 0) is 19.1 Å². The standard InChI is InChI=1S/2C3H8N3OP.2C3H8N3PS.2C2H5OP.CH5OP.CH5PS.8Nd/c1-7-3(2-8)5-6-4;1-3(5-6-4)7-2-8;1-8-3(2-7)5-6-4;1-3(5-6-4)8-2-7;2*3-1-2-4;2*2-1-3;;;;;;;;/h2*3H,2,8H2,1H3;2*3H,2,7H2,1H3;2*1H,2,4H2;2H,1,3H2;3H,1-2H2;;;;;;;;/t;3-;;3-;;;;;;;;;;;;/m.0.0............/s1/i2*8T;2*7T;2*4T;3T;2T;;;;;;;;/t;3-,8?;;3-,7?;;;;;;;;;;;;. The Morgan fingerprint density at radius 1 is 0.759 bits per heavy atom. The van der Waals surface area contributed by atoms with Gasteiger partial charge in [0.15, 0.2) is 0 Å². The minimum Gasteiger partial charge on any atom is -0.392 e. The van der Waals surface area contributed by atoms with Gasteiger partial charge in [0.05, 0.1) is 33.7 Å². The van der Waals surface area contributed by atoms with Crippen LogP contribution in [0.4, 0.5) is 0 Å². The maximum Gasteiger partial charge on any atom is 0.139 e. The van der Waals surface area contributed by atoms with Gasteiger partial charge in [0.2, 0.25) is 0 Å². The van der Waals surface area contributed by atoms with E-state index >= 15 is 0 Å². The Labute approximate surface area is 628 Å². The van der Waals surface area contributed by atoms with E-state index in [0.717, 1.165) is 18.1 Å². The molecule has 0 saturated heterocycles. The topological polar surface area (TPSA) is 268 Å². The number of hydrogen-bond donors (Lipinski definition) is 2. The zero-order valence-corrected chi connectivity index (χ0v) is 66.0. The van der Waals surface area contributed by atoms with Crippen LogP contribution in [0.15, 0.2) is 20.5 Å². The number of azide groups is 4. The van der Waals surface area contributed by atoms with Crippen molar-refractivity contribution in [2.75, 3.05) is 61.7 Å². The van der Waals surface area contributed by atoms with Crippen LogP contribution in [0.5, 0.6) is 0 Å². The van der Waals surface area contributed by atoms with E-state index in [0.29, 0.717) is 36.5 Å². The van der Waals surface area contributed by atoms with Gasteiger partial charge in [0.25, 0.3) is 0 Å². The smallest absolute Gasteiger partial charge is 0.139 e. The van der Waals surface area contributed by atoms with E-state index in [4.69, 9.17) is 46.9 Å². The average Bonchev–Trinajstić information content (AvgIpc) is 3.18. The van der Waals surface area contributed by atoms with Gasteiger partial charge < -0.3 is 24.2 Å². The molecule has 0 aromatic carbocycles. The van der Waals surface area contributed by atoms with Crippen molar-refractivity contribution in [2.24, 2.45) is 20.5 Å². The minimum absolute atomic E-state index is 0. The fraction of sp³-hybridized carbons (Fsp3) is 0.889. The van der Waals surface area contributed by atoms with Gasteiger partial charge in [-0.3, -0.25) is 0 Å². The molecule has 54 heavy (non-hydrogen) atoms. The number of aldehydes is 2. The van der Waals surface area contributed by atoms with Crippen LogP contribution < -0.4 is 0 Å². The molecule has 0 rings (SSSR count). The minimum atomic E-state index is -0.453. The Morgan fingerprint density at radius 2 is 1.22 bits per heavy atom. The van der Waals surface area contributed by atoms with Crippen LogP contribution in [0.3, 0.4) is 0 Å². The Kier molecular flexibility index (Phi) is 192. The number of ether oxygens (including phenoxy) is 2. The van der Waals surface area contributed by atoms with Gasteiger partial charge in [0.1, 0.15) is 25.0 Å². The third kappa shape index (κ3) is 159. The van der Waals surface area contributed by atoms with Crippen molar-refractivity contribution in [1.82, 2.24) is 0 Å². The third-order valence-corrected chi connectivity index (χ3v) is 6.08. The summed E-state index contributed by atoms with van der Waals surface area (Å²) in [5.41, 5.74) is 33.2. The van der Waals surface area contributed by atoms with Gasteiger partial charge in [-0.2, -0.15) is 24.4 Å². The number of aliphatic hydroxyl groups is 1. The summed E-state index contributed by atoms with van der Waals surface area (Å²) in [6.45, 7) is 3.46. The van der Waals surface area contributed by atoms with Crippen molar-refractivity contribution in [1.29, 1.82) is 10.2 Å². The number of nitrogens with zero attached hydrogens (tertiary/aromatic N) is 12. The van der Waals surface area contributed by atoms with E-state index in [-0.39, 0.29) is 417 Å². The first-order valence-corrected chi connectivity index (χ1v) is 20.3. The first kappa shape index (κ1) is 82.7. The monoisotopic (exact) mass is 2010 g/mol. The number of thioether (sulfide) groups is 2. The fourth-order valence-electron chi connectivity index (χ4n) is 0.911. The molecule has 304 valence electrons. The van der Waals surface area contributed by atoms with Crippen LogP contribution in [0.25, 0.3) is 41.8 Å². The predicted octanol–water partition coefficient (Wildman–Crippen LogP) is 7.39. The van der Waals surface area contributed by atoms with E-state index in [1.165, 1.54) is 30.6 Å². The summed E-state index contributed by atoms with van der Waals surface area (Å²) in [7, 11) is 2.06. The Bertz CT molecular complexity index is 903. The molecular formula is C18H52N12Nd8O5P8S3. The fourth-order valence-corrected chi connectivity index (χ4v) is 3.36. The third-order valence-electron chi connectivity index (χ3n) is 2.50. The summed E-state index contributed by atoms with van der Waals surface area (Å²) >= 11 is 6.74. The zero-order chi connectivity index (χ0) is 43.5. The van der Waals surface area contributed by atoms with Crippen LogP contribution in [0.1, 0.15) is 13.8 Å². The molecule has 0 heterocycles. The molecule has 36 heteroatoms. The maximum absolute atomic E-state index is 9.29. The van der Waals surface area contributed by atoms with Crippen molar-refractivity contribution < 1.29 is 351 Å². The molecule has 17 nitrogen and oxygen atoms in total. The van der Waals surface area contributed by atoms with Crippen LogP contribution in [0.2, 0.25) is 0 Å². The van der Waals surface area contributed by atoms with Gasteiger partial charge in [-0.1, -0.05) is 20.5 Å². The van der Waals surface area contributed by atoms with E-state index in [2.05, 4.69) is 52.7 Å². The van der Waals surface area contributed by atoms with E-state index in [9.17, 15) is 9.59 Å². The molecule has 0 aliphatic heterocycles. The van der Waals surface area contributed by atoms with Crippen molar-refractivity contribution in [3.05, 3.63) is 41.8 Å². The first-order valence-electron chi connectivity index (χ1n) is 15.7. The molecule has 0 saturated carbocycles. The van der Waals surface area contributed by atoms with E-state index in [1.807, 2.05) is 13.2 Å². The van der Waals surface area contributed by atoms with Gasteiger partial charge in [0, 0.05) is 377 Å². The van der Waals surface area contributed by atoms with Crippen molar-refractivity contribution in [3.8, 4) is 0 Å². The normalized spacial score (nSPS) is 12.6. The number of methoxy groups -OCH3 is 1. The SMILES string of the molecule is [3H]PCC(N=[N+]=[N-])OC.[3H]PCC(N=[N+]=[N-])SC.[3H]PCC=O.[3H]PCC=O.[3H]PCO.[3H]PCO[C@@H](C)N=[N+]=[N-].[3H]PCS.[3H]PCS[C@@H](C)N=[N+]=[N-].[Nd].[Nd].[Nd].[Nd].[Nd].[Nd].[Nd].[Nd]. The Morgan fingerprint density at radius 3 is 1.48 bits per heavy atom. The summed E-state index contributed by atoms with van der Waals surface area (Å²) in [6.07, 6.45) is 4.82. The maximum atomic E-state index is 9.29. The molecule has 0 aliphatic carbocycles. The molecule has 0 radical (unpaired) electrons. The van der Waals surface area contributed by atoms with E-state index < -0.39 is 12.5 Å². The van der Waals surface area contributed by atoms with Crippen LogP contribution in [-0.4, -0.2) is 113 Å². The molecule has 0 aromatic heterocycles. The zero-order valence-electron chi connectivity index (χ0n) is 37.8. The predicted molar refractivity (Wildman–Crippen MR) is 232 cm³/mol. The summed E-state index contributed by atoms with van der Waals surface area (Å²) in [5.74, 6) is 0. The summed E-state index contributed by atoms with van der Waals surface area (Å²) in [5, 5.41) is 21.1. The van der Waals surface area contributed by atoms with Crippen molar-refractivity contribution >= 4 is 122 Å². The largest absolute Gasteiger partial charge is 0.392 e. The number of hydrogen-bond acceptors (Lipinski definition) is 12. The molecule has 0 bridgehead atoms. The number of carbonyl (C=O) groups excluding carboxylic acids is 2. The molecule has 0 aromatic rings. The van der Waals surface area contributed by atoms with Gasteiger partial charge in [-0.15, -0.1) is 85.2 Å². The quantitative estimate of drug-likeness (QED) is 0.0277. The molecule has 0 fully saturated rings. The Hall–Kier alpha value is 11.8. The molecule has 12 atom stereocenters. The molecule has 0 aliphatic rings. The van der Waals surface area contributed by atoms with Gasteiger partial charge in [-0.05, 0) is 54.6 Å².